The number of rotatable bonds is 2. The molecule has 1 N–H and O–H groups in total. The zero-order valence-electron chi connectivity index (χ0n) is 13.7. The molecule has 3 aromatic carbocycles. The number of aromatic nitrogens is 2. The summed E-state index contributed by atoms with van der Waals surface area (Å²) in [5.74, 6) is 0.603. The number of hydrogen-bond donors (Lipinski definition) is 1. The Balaban J connectivity index is 0.00000182. The summed E-state index contributed by atoms with van der Waals surface area (Å²) in [6.45, 7) is 2.04. The number of fused-ring (bicyclic) bond motifs is 2. The van der Waals surface area contributed by atoms with Crippen LogP contribution in [0.15, 0.2) is 60.7 Å². The lowest BCUT2D eigenvalue weighted by Gasteiger charge is -2.02. The Morgan fingerprint density at radius 1 is 1.08 bits per heavy atom. The number of nitriles is 1. The molecular formula is C21H16ClN3. The van der Waals surface area contributed by atoms with Gasteiger partial charge in [0.1, 0.15) is 11.9 Å². The number of allylic oxidation sites excluding steroid dienone is 1. The van der Waals surface area contributed by atoms with Gasteiger partial charge in [-0.05, 0) is 47.0 Å². The van der Waals surface area contributed by atoms with Crippen LogP contribution in [0.25, 0.3) is 33.5 Å². The number of imidazole rings is 1. The number of benzene rings is 3. The van der Waals surface area contributed by atoms with Crippen LogP contribution in [0.1, 0.15) is 17.0 Å². The molecule has 0 aliphatic carbocycles. The van der Waals surface area contributed by atoms with Gasteiger partial charge in [-0.1, -0.05) is 48.5 Å². The molecule has 4 rings (SSSR count). The number of H-pyrrole nitrogens is 1. The third-order valence-corrected chi connectivity index (χ3v) is 4.14. The van der Waals surface area contributed by atoms with Gasteiger partial charge < -0.3 is 4.98 Å². The molecule has 4 heteroatoms. The number of aromatic amines is 1. The molecule has 1 heterocycles. The van der Waals surface area contributed by atoms with Crippen LogP contribution in [0.3, 0.4) is 0 Å². The van der Waals surface area contributed by atoms with Gasteiger partial charge in [-0.15, -0.1) is 12.4 Å². The van der Waals surface area contributed by atoms with E-state index in [2.05, 4.69) is 34.2 Å². The predicted molar refractivity (Wildman–Crippen MR) is 106 cm³/mol. The molecule has 0 spiro atoms. The molecule has 0 saturated heterocycles. The van der Waals surface area contributed by atoms with E-state index in [1.165, 1.54) is 0 Å². The summed E-state index contributed by atoms with van der Waals surface area (Å²) in [5, 5.41) is 11.9. The lowest BCUT2D eigenvalue weighted by Crippen LogP contribution is -1.86. The van der Waals surface area contributed by atoms with E-state index < -0.39 is 0 Å². The van der Waals surface area contributed by atoms with Crippen molar-refractivity contribution in [2.24, 2.45) is 0 Å². The van der Waals surface area contributed by atoms with Crippen LogP contribution in [0.2, 0.25) is 0 Å². The lowest BCUT2D eigenvalue weighted by molar-refractivity contribution is 1.27. The normalized spacial score (nSPS) is 11.3. The molecular weight excluding hydrogens is 330 g/mol. The van der Waals surface area contributed by atoms with Gasteiger partial charge in [0.2, 0.25) is 0 Å². The molecule has 0 aliphatic rings. The highest BCUT2D eigenvalue weighted by molar-refractivity contribution is 5.98. The quantitative estimate of drug-likeness (QED) is 0.487. The van der Waals surface area contributed by atoms with Crippen LogP contribution < -0.4 is 0 Å². The summed E-state index contributed by atoms with van der Waals surface area (Å²) in [6.07, 6.45) is 1.90. The fourth-order valence-electron chi connectivity index (χ4n) is 2.94. The van der Waals surface area contributed by atoms with Gasteiger partial charge in [-0.25, -0.2) is 4.98 Å². The largest absolute Gasteiger partial charge is 0.337 e. The third-order valence-electron chi connectivity index (χ3n) is 4.14. The summed E-state index contributed by atoms with van der Waals surface area (Å²) in [6, 6.07) is 22.6. The van der Waals surface area contributed by atoms with Gasteiger partial charge in [0.05, 0.1) is 16.6 Å². The molecule has 0 atom stereocenters. The maximum atomic E-state index is 9.61. The Hall–Kier alpha value is -3.09. The molecule has 0 radical (unpaired) electrons. The summed E-state index contributed by atoms with van der Waals surface area (Å²) in [4.78, 5) is 7.81. The van der Waals surface area contributed by atoms with Gasteiger partial charge in [-0.2, -0.15) is 5.26 Å². The van der Waals surface area contributed by atoms with Crippen LogP contribution in [-0.4, -0.2) is 9.97 Å². The summed E-state index contributed by atoms with van der Waals surface area (Å²) < 4.78 is 0. The monoisotopic (exact) mass is 345 g/mol. The standard InChI is InChI=1S/C21H15N3.ClH/c1-14-9-10-19-20(11-14)24-21(23-19)17(13-22)12-16-7-4-6-15-5-2-3-8-18(15)16;/h2-12H,1H3,(H,23,24);1H/b17-12+;. The van der Waals surface area contributed by atoms with Crippen molar-refractivity contribution in [1.82, 2.24) is 9.97 Å². The highest BCUT2D eigenvalue weighted by Gasteiger charge is 2.09. The Bertz CT molecular complexity index is 1130. The zero-order valence-corrected chi connectivity index (χ0v) is 14.5. The first-order valence-corrected chi connectivity index (χ1v) is 7.81. The number of aryl methyl sites for hydroxylation is 1. The topological polar surface area (TPSA) is 52.5 Å². The SMILES string of the molecule is Cc1ccc2nc(/C(C#N)=C/c3cccc4ccccc34)[nH]c2c1.Cl. The van der Waals surface area contributed by atoms with Crippen molar-refractivity contribution in [3.63, 3.8) is 0 Å². The molecule has 3 nitrogen and oxygen atoms in total. The average molecular weight is 346 g/mol. The van der Waals surface area contributed by atoms with Crippen LogP contribution in [0, 0.1) is 18.3 Å². The van der Waals surface area contributed by atoms with Crippen LogP contribution in [0.4, 0.5) is 0 Å². The van der Waals surface area contributed by atoms with Crippen molar-refractivity contribution in [2.45, 2.75) is 6.92 Å². The van der Waals surface area contributed by atoms with Crippen LogP contribution in [0.5, 0.6) is 0 Å². The Morgan fingerprint density at radius 3 is 2.72 bits per heavy atom. The number of halogens is 1. The first-order valence-electron chi connectivity index (χ1n) is 7.81. The lowest BCUT2D eigenvalue weighted by atomic mass is 10.0. The first kappa shape index (κ1) is 16.8. The smallest absolute Gasteiger partial charge is 0.149 e. The van der Waals surface area contributed by atoms with E-state index in [9.17, 15) is 5.26 Å². The molecule has 0 bridgehead atoms. The Kier molecular flexibility index (Phi) is 4.56. The fraction of sp³-hybridized carbons (Fsp3) is 0.0476. The van der Waals surface area contributed by atoms with Crippen molar-refractivity contribution >= 4 is 45.9 Å². The predicted octanol–water partition coefficient (Wildman–Crippen LogP) is 5.51. The number of hydrogen-bond acceptors (Lipinski definition) is 2. The van der Waals surface area contributed by atoms with Gasteiger partial charge in [0.15, 0.2) is 0 Å². The molecule has 4 aromatic rings. The van der Waals surface area contributed by atoms with Crippen molar-refractivity contribution in [3.8, 4) is 6.07 Å². The minimum atomic E-state index is 0. The van der Waals surface area contributed by atoms with Crippen molar-refractivity contribution in [2.75, 3.05) is 0 Å². The maximum Gasteiger partial charge on any atom is 0.149 e. The maximum absolute atomic E-state index is 9.61. The highest BCUT2D eigenvalue weighted by atomic mass is 35.5. The van der Waals surface area contributed by atoms with E-state index >= 15 is 0 Å². The molecule has 0 aliphatic heterocycles. The van der Waals surface area contributed by atoms with Gasteiger partial charge in [-0.3, -0.25) is 0 Å². The third kappa shape index (κ3) is 3.13. The second-order valence-corrected chi connectivity index (χ2v) is 5.84. The van der Waals surface area contributed by atoms with Gasteiger partial charge >= 0.3 is 0 Å². The van der Waals surface area contributed by atoms with Crippen molar-refractivity contribution < 1.29 is 0 Å². The number of nitrogens with one attached hydrogen (secondary N) is 1. The minimum absolute atomic E-state index is 0. The van der Waals surface area contributed by atoms with Crippen LogP contribution >= 0.6 is 12.4 Å². The molecule has 122 valence electrons. The average Bonchev–Trinajstić information content (AvgIpc) is 3.02. The molecule has 25 heavy (non-hydrogen) atoms. The molecule has 0 saturated carbocycles. The summed E-state index contributed by atoms with van der Waals surface area (Å²) >= 11 is 0. The highest BCUT2D eigenvalue weighted by Crippen LogP contribution is 2.24. The van der Waals surface area contributed by atoms with Gasteiger partial charge in [0.25, 0.3) is 0 Å². The zero-order chi connectivity index (χ0) is 16.5. The van der Waals surface area contributed by atoms with Crippen LogP contribution in [-0.2, 0) is 0 Å². The fourth-order valence-corrected chi connectivity index (χ4v) is 2.94. The molecule has 1 aromatic heterocycles. The Labute approximate surface area is 152 Å². The second kappa shape index (κ2) is 6.80. The van der Waals surface area contributed by atoms with E-state index in [1.807, 2.05) is 55.5 Å². The van der Waals surface area contributed by atoms with E-state index in [0.717, 1.165) is 32.9 Å². The first-order chi connectivity index (χ1) is 11.7. The molecule has 0 unspecified atom stereocenters. The summed E-state index contributed by atoms with van der Waals surface area (Å²) in [5.41, 5.74) is 4.52. The minimum Gasteiger partial charge on any atom is -0.337 e. The summed E-state index contributed by atoms with van der Waals surface area (Å²) in [7, 11) is 0. The van der Waals surface area contributed by atoms with E-state index in [-0.39, 0.29) is 12.4 Å². The van der Waals surface area contributed by atoms with Crippen molar-refractivity contribution in [1.29, 1.82) is 5.26 Å². The van der Waals surface area contributed by atoms with Crippen molar-refractivity contribution in [3.05, 3.63) is 77.6 Å². The number of nitrogens with zero attached hydrogens (tertiary/aromatic N) is 2. The second-order valence-electron chi connectivity index (χ2n) is 5.84. The molecule has 0 fully saturated rings. The van der Waals surface area contributed by atoms with E-state index in [0.29, 0.717) is 11.4 Å². The molecule has 0 amide bonds. The van der Waals surface area contributed by atoms with Gasteiger partial charge in [0, 0.05) is 0 Å². The van der Waals surface area contributed by atoms with E-state index in [4.69, 9.17) is 0 Å². The Morgan fingerprint density at radius 2 is 1.88 bits per heavy atom. The van der Waals surface area contributed by atoms with E-state index in [1.54, 1.807) is 0 Å².